The number of ketones is 1. The number of alkyl carbamates (subject to hydrolysis) is 1. The van der Waals surface area contributed by atoms with Crippen LogP contribution >= 0.6 is 11.3 Å². The smallest absolute Gasteiger partial charge is 0.408 e. The van der Waals surface area contributed by atoms with Crippen molar-refractivity contribution in [1.82, 2.24) is 5.32 Å². The number of carbonyl (C=O) groups is 3. The minimum absolute atomic E-state index is 0.113. The number of aryl methyl sites for hydroxylation is 1. The Bertz CT molecular complexity index is 1250. The summed E-state index contributed by atoms with van der Waals surface area (Å²) < 4.78 is 10.6. The van der Waals surface area contributed by atoms with Crippen LogP contribution in [0.5, 0.6) is 5.75 Å². The van der Waals surface area contributed by atoms with Crippen molar-refractivity contribution < 1.29 is 23.9 Å². The van der Waals surface area contributed by atoms with Gasteiger partial charge in [-0.1, -0.05) is 42.5 Å². The van der Waals surface area contributed by atoms with Gasteiger partial charge in [0.2, 0.25) is 5.91 Å². The summed E-state index contributed by atoms with van der Waals surface area (Å²) in [6.07, 6.45) is 4.60. The number of hydrogen-bond donors (Lipinski definition) is 2. The monoisotopic (exact) mass is 562 g/mol. The molecule has 2 atom stereocenters. The van der Waals surface area contributed by atoms with Gasteiger partial charge >= 0.3 is 6.09 Å². The second-order valence-electron chi connectivity index (χ2n) is 10.5. The van der Waals surface area contributed by atoms with Gasteiger partial charge in [-0.05, 0) is 86.9 Å². The maximum Gasteiger partial charge on any atom is 0.408 e. The van der Waals surface area contributed by atoms with Crippen LogP contribution in [0, 0.1) is 5.92 Å². The molecule has 0 aliphatic carbocycles. The number of amides is 2. The molecule has 0 aliphatic rings. The van der Waals surface area contributed by atoms with Crippen molar-refractivity contribution in [3.8, 4) is 5.75 Å². The van der Waals surface area contributed by atoms with Crippen molar-refractivity contribution in [2.75, 3.05) is 12.4 Å². The Morgan fingerprint density at radius 3 is 2.33 bits per heavy atom. The first-order valence-corrected chi connectivity index (χ1v) is 14.2. The fourth-order valence-corrected chi connectivity index (χ4v) is 4.82. The number of carbonyl (C=O) groups excluding carboxylic acids is 3. The van der Waals surface area contributed by atoms with E-state index in [-0.39, 0.29) is 24.0 Å². The molecule has 0 unspecified atom stereocenters. The van der Waals surface area contributed by atoms with Gasteiger partial charge in [0.05, 0.1) is 13.2 Å². The van der Waals surface area contributed by atoms with E-state index in [0.29, 0.717) is 24.3 Å². The Morgan fingerprint density at radius 2 is 1.70 bits per heavy atom. The largest absolute Gasteiger partial charge is 0.497 e. The zero-order chi connectivity index (χ0) is 29.0. The Kier molecular flexibility index (Phi) is 11.5. The van der Waals surface area contributed by atoms with Gasteiger partial charge < -0.3 is 20.1 Å². The number of nitrogens with one attached hydrogen (secondary N) is 2. The van der Waals surface area contributed by atoms with Crippen molar-refractivity contribution in [3.05, 3.63) is 94.7 Å². The summed E-state index contributed by atoms with van der Waals surface area (Å²) in [5, 5.41) is 7.56. The van der Waals surface area contributed by atoms with E-state index < -0.39 is 17.7 Å². The normalized spacial score (nSPS) is 12.9. The lowest BCUT2D eigenvalue weighted by Gasteiger charge is -2.24. The molecule has 0 saturated carbocycles. The minimum Gasteiger partial charge on any atom is -0.497 e. The number of benzene rings is 2. The molecule has 3 aromatic rings. The highest BCUT2D eigenvalue weighted by atomic mass is 32.1. The first-order chi connectivity index (χ1) is 19.1. The molecule has 0 spiro atoms. The van der Waals surface area contributed by atoms with Crippen LogP contribution in [0.3, 0.4) is 0 Å². The van der Waals surface area contributed by atoms with E-state index in [9.17, 15) is 14.4 Å². The molecule has 0 bridgehead atoms. The third-order valence-electron chi connectivity index (χ3n) is 6.05. The number of hydrogen-bond acceptors (Lipinski definition) is 6. The molecule has 2 amide bonds. The molecule has 0 aliphatic heterocycles. The molecule has 2 N–H and O–H groups in total. The van der Waals surface area contributed by atoms with Crippen molar-refractivity contribution in [1.29, 1.82) is 0 Å². The van der Waals surface area contributed by atoms with Crippen molar-refractivity contribution in [2.24, 2.45) is 5.92 Å². The summed E-state index contributed by atoms with van der Waals surface area (Å²) >= 11 is 1.53. The Hall–Kier alpha value is -3.91. The van der Waals surface area contributed by atoms with Gasteiger partial charge in [-0.3, -0.25) is 9.59 Å². The van der Waals surface area contributed by atoms with Crippen LogP contribution in [0.2, 0.25) is 0 Å². The van der Waals surface area contributed by atoms with E-state index in [1.807, 2.05) is 47.8 Å². The third-order valence-corrected chi connectivity index (χ3v) is 6.95. The highest BCUT2D eigenvalue weighted by Gasteiger charge is 2.26. The summed E-state index contributed by atoms with van der Waals surface area (Å²) in [7, 11) is 1.58. The molecule has 8 heteroatoms. The SMILES string of the molecule is COc1ccc(NC(=O)/C=C/[C@H](CCc2ccccc2)CC(=O)[C@H](Cc2cccs2)NC(=O)OC(C)(C)C)cc1. The lowest BCUT2D eigenvalue weighted by Crippen LogP contribution is -2.45. The van der Waals surface area contributed by atoms with Crippen molar-refractivity contribution in [2.45, 2.75) is 58.1 Å². The second kappa shape index (κ2) is 15.0. The van der Waals surface area contributed by atoms with Crippen LogP contribution in [-0.4, -0.2) is 36.5 Å². The van der Waals surface area contributed by atoms with Crippen LogP contribution < -0.4 is 15.4 Å². The highest BCUT2D eigenvalue weighted by Crippen LogP contribution is 2.20. The average molecular weight is 563 g/mol. The predicted molar refractivity (Wildman–Crippen MR) is 160 cm³/mol. The quantitative estimate of drug-likeness (QED) is 0.229. The number of allylic oxidation sites excluding steroid dienone is 1. The predicted octanol–water partition coefficient (Wildman–Crippen LogP) is 6.60. The van der Waals surface area contributed by atoms with Crippen molar-refractivity contribution in [3.63, 3.8) is 0 Å². The zero-order valence-corrected chi connectivity index (χ0v) is 24.3. The number of ether oxygens (including phenoxy) is 2. The molecule has 7 nitrogen and oxygen atoms in total. The maximum atomic E-state index is 13.6. The summed E-state index contributed by atoms with van der Waals surface area (Å²) in [6, 6.07) is 20.2. The lowest BCUT2D eigenvalue weighted by atomic mass is 9.91. The van der Waals surface area contributed by atoms with E-state index in [0.717, 1.165) is 16.9 Å². The molecule has 0 fully saturated rings. The van der Waals surface area contributed by atoms with Gasteiger partial charge in [0.25, 0.3) is 0 Å². The van der Waals surface area contributed by atoms with Gasteiger partial charge in [0, 0.05) is 23.4 Å². The molecule has 212 valence electrons. The minimum atomic E-state index is -0.741. The van der Waals surface area contributed by atoms with Gasteiger partial charge in [-0.25, -0.2) is 4.79 Å². The van der Waals surface area contributed by atoms with Gasteiger partial charge in [-0.15, -0.1) is 11.3 Å². The van der Waals surface area contributed by atoms with Gasteiger partial charge in [0.1, 0.15) is 11.4 Å². The second-order valence-corrected chi connectivity index (χ2v) is 11.5. The molecule has 40 heavy (non-hydrogen) atoms. The fourth-order valence-electron chi connectivity index (χ4n) is 4.07. The molecule has 2 aromatic carbocycles. The molecule has 0 saturated heterocycles. The molecule has 1 aromatic heterocycles. The summed E-state index contributed by atoms with van der Waals surface area (Å²) in [6.45, 7) is 5.35. The van der Waals surface area contributed by atoms with E-state index in [1.165, 1.54) is 17.4 Å². The Labute approximate surface area is 240 Å². The van der Waals surface area contributed by atoms with Crippen LogP contribution in [0.4, 0.5) is 10.5 Å². The van der Waals surface area contributed by atoms with Crippen molar-refractivity contribution >= 4 is 34.8 Å². The van der Waals surface area contributed by atoms with E-state index >= 15 is 0 Å². The molecule has 0 radical (unpaired) electrons. The number of rotatable bonds is 13. The molecule has 1 heterocycles. The van der Waals surface area contributed by atoms with E-state index in [1.54, 1.807) is 58.2 Å². The molecule has 3 rings (SSSR count). The van der Waals surface area contributed by atoms with Gasteiger partial charge in [-0.2, -0.15) is 0 Å². The number of thiophene rings is 1. The summed E-state index contributed by atoms with van der Waals surface area (Å²) in [5.74, 6) is 0.0904. The van der Waals surface area contributed by atoms with Crippen LogP contribution in [0.25, 0.3) is 0 Å². The molecular weight excluding hydrogens is 524 g/mol. The first-order valence-electron chi connectivity index (χ1n) is 13.3. The topological polar surface area (TPSA) is 93.7 Å². The van der Waals surface area contributed by atoms with Gasteiger partial charge in [0.15, 0.2) is 5.78 Å². The van der Waals surface area contributed by atoms with Crippen LogP contribution in [0.1, 0.15) is 44.1 Å². The maximum absolute atomic E-state index is 13.6. The Balaban J connectivity index is 1.73. The third kappa shape index (κ3) is 11.1. The summed E-state index contributed by atoms with van der Waals surface area (Å²) in [4.78, 5) is 39.8. The highest BCUT2D eigenvalue weighted by molar-refractivity contribution is 7.09. The Morgan fingerprint density at radius 1 is 0.975 bits per heavy atom. The number of Topliss-reactive ketones (excluding diaryl/α,β-unsaturated/α-hetero) is 1. The number of anilines is 1. The zero-order valence-electron chi connectivity index (χ0n) is 23.5. The fraction of sp³-hybridized carbons (Fsp3) is 0.344. The van der Waals surface area contributed by atoms with E-state index in [2.05, 4.69) is 10.6 Å². The van der Waals surface area contributed by atoms with Crippen LogP contribution in [-0.2, 0) is 27.2 Å². The standard InChI is InChI=1S/C32H38N2O5S/c1-32(2,3)39-31(37)34-28(22-27-11-8-20-40-27)29(35)21-24(13-12-23-9-6-5-7-10-23)14-19-30(36)33-25-15-17-26(38-4)18-16-25/h5-11,14-20,24,28H,12-13,21-22H2,1-4H3,(H,33,36)(H,34,37)/b19-14+/t24-,28-/m0/s1. The number of methoxy groups -OCH3 is 1. The summed E-state index contributed by atoms with van der Waals surface area (Å²) in [5.41, 5.74) is 1.11. The lowest BCUT2D eigenvalue weighted by molar-refractivity contribution is -0.121. The average Bonchev–Trinajstić information content (AvgIpc) is 3.43. The van der Waals surface area contributed by atoms with Crippen LogP contribution in [0.15, 0.2) is 84.3 Å². The first kappa shape index (κ1) is 30.6. The molecular formula is C32H38N2O5S. The van der Waals surface area contributed by atoms with E-state index in [4.69, 9.17) is 9.47 Å².